The fourth-order valence-corrected chi connectivity index (χ4v) is 2.31. The summed E-state index contributed by atoms with van der Waals surface area (Å²) in [7, 11) is 0. The third kappa shape index (κ3) is 1.16. The van der Waals surface area contributed by atoms with Crippen molar-refractivity contribution in [1.29, 1.82) is 5.26 Å². The summed E-state index contributed by atoms with van der Waals surface area (Å²) in [6.45, 7) is 0.724. The van der Waals surface area contributed by atoms with E-state index in [2.05, 4.69) is 12.1 Å². The maximum Gasteiger partial charge on any atom is 0.247 e. The van der Waals surface area contributed by atoms with Gasteiger partial charge in [-0.1, -0.05) is 18.2 Å². The molecule has 0 N–H and O–H groups in total. The molecule has 1 aliphatic carbocycles. The second-order valence-electron chi connectivity index (χ2n) is 4.53. The minimum absolute atomic E-state index is 0.0000463. The van der Waals surface area contributed by atoms with Gasteiger partial charge in [0.1, 0.15) is 5.41 Å². The van der Waals surface area contributed by atoms with E-state index < -0.39 is 5.41 Å². The number of fused-ring (bicyclic) bond motifs is 1. The molecule has 2 aliphatic rings. The van der Waals surface area contributed by atoms with Crippen molar-refractivity contribution in [2.75, 3.05) is 11.4 Å². The predicted molar refractivity (Wildman–Crippen MR) is 59.8 cm³/mol. The van der Waals surface area contributed by atoms with Crippen molar-refractivity contribution < 1.29 is 4.79 Å². The Labute approximate surface area is 94.3 Å². The van der Waals surface area contributed by atoms with Gasteiger partial charge in [-0.15, -0.1) is 0 Å². The van der Waals surface area contributed by atoms with Gasteiger partial charge in [-0.25, -0.2) is 0 Å². The second-order valence-corrected chi connectivity index (χ2v) is 4.53. The highest BCUT2D eigenvalue weighted by molar-refractivity contribution is 6.02. The summed E-state index contributed by atoms with van der Waals surface area (Å²) in [6, 6.07) is 10.1. The van der Waals surface area contributed by atoms with Crippen LogP contribution in [0.1, 0.15) is 18.4 Å². The molecule has 1 heterocycles. The first-order valence-electron chi connectivity index (χ1n) is 5.58. The van der Waals surface area contributed by atoms with Crippen LogP contribution < -0.4 is 4.90 Å². The summed E-state index contributed by atoms with van der Waals surface area (Å²) in [5, 5.41) is 9.04. The number of nitrogens with zero attached hydrogens (tertiary/aromatic N) is 2. The summed E-state index contributed by atoms with van der Waals surface area (Å²) in [5.41, 5.74) is 1.51. The lowest BCUT2D eigenvalue weighted by atomic mass is 10.1. The first kappa shape index (κ1) is 9.41. The Balaban J connectivity index is 1.94. The molecule has 0 atom stereocenters. The van der Waals surface area contributed by atoms with Crippen molar-refractivity contribution in [2.45, 2.75) is 19.3 Å². The van der Waals surface area contributed by atoms with E-state index in [-0.39, 0.29) is 5.91 Å². The first-order chi connectivity index (χ1) is 7.77. The molecule has 1 saturated carbocycles. The van der Waals surface area contributed by atoms with E-state index in [9.17, 15) is 4.79 Å². The Hall–Kier alpha value is -1.82. The quantitative estimate of drug-likeness (QED) is 0.713. The van der Waals surface area contributed by atoms with E-state index in [4.69, 9.17) is 5.26 Å². The van der Waals surface area contributed by atoms with Gasteiger partial charge in [-0.2, -0.15) is 5.26 Å². The minimum Gasteiger partial charge on any atom is -0.310 e. The van der Waals surface area contributed by atoms with Crippen LogP contribution in [0.3, 0.4) is 0 Å². The lowest BCUT2D eigenvalue weighted by molar-refractivity contribution is -0.121. The van der Waals surface area contributed by atoms with Crippen LogP contribution in [-0.4, -0.2) is 12.5 Å². The number of nitriles is 1. The standard InChI is InChI=1S/C13H12N2O/c14-9-13(6-7-13)12(16)15-8-5-10-3-1-2-4-11(10)15/h1-4H,5-8H2. The van der Waals surface area contributed by atoms with Crippen molar-refractivity contribution in [3.63, 3.8) is 0 Å². The highest BCUT2D eigenvalue weighted by Crippen LogP contribution is 2.48. The summed E-state index contributed by atoms with van der Waals surface area (Å²) >= 11 is 0. The molecule has 3 nitrogen and oxygen atoms in total. The number of hydrogen-bond acceptors (Lipinski definition) is 2. The van der Waals surface area contributed by atoms with Gasteiger partial charge >= 0.3 is 0 Å². The Kier molecular flexibility index (Phi) is 1.81. The normalized spacial score (nSPS) is 20.1. The average Bonchev–Trinajstić information content (AvgIpc) is 3.02. The van der Waals surface area contributed by atoms with Crippen molar-refractivity contribution in [1.82, 2.24) is 0 Å². The SMILES string of the molecule is N#CC1(C(=O)N2CCc3ccccc32)CC1. The Morgan fingerprint density at radius 2 is 2.12 bits per heavy atom. The monoisotopic (exact) mass is 212 g/mol. The van der Waals surface area contributed by atoms with E-state index >= 15 is 0 Å². The number of carbonyl (C=O) groups is 1. The van der Waals surface area contributed by atoms with Gasteiger partial charge in [0, 0.05) is 12.2 Å². The van der Waals surface area contributed by atoms with E-state index in [0.29, 0.717) is 0 Å². The Bertz CT molecular complexity index is 497. The van der Waals surface area contributed by atoms with Gasteiger partial charge < -0.3 is 4.90 Å². The number of benzene rings is 1. The molecule has 3 heteroatoms. The van der Waals surface area contributed by atoms with Crippen LogP contribution in [0, 0.1) is 16.7 Å². The summed E-state index contributed by atoms with van der Waals surface area (Å²) in [4.78, 5) is 14.0. The molecule has 1 aromatic carbocycles. The van der Waals surface area contributed by atoms with E-state index in [1.807, 2.05) is 18.2 Å². The molecule has 0 aromatic heterocycles. The van der Waals surface area contributed by atoms with Crippen LogP contribution in [0.4, 0.5) is 5.69 Å². The lowest BCUT2D eigenvalue weighted by Gasteiger charge is -2.19. The minimum atomic E-state index is -0.697. The fraction of sp³-hybridized carbons (Fsp3) is 0.385. The molecule has 0 saturated heterocycles. The van der Waals surface area contributed by atoms with Crippen molar-refractivity contribution >= 4 is 11.6 Å². The second kappa shape index (κ2) is 3.08. The topological polar surface area (TPSA) is 44.1 Å². The zero-order chi connectivity index (χ0) is 11.2. The highest BCUT2D eigenvalue weighted by atomic mass is 16.2. The highest BCUT2D eigenvalue weighted by Gasteiger charge is 2.53. The van der Waals surface area contributed by atoms with Crippen LogP contribution in [-0.2, 0) is 11.2 Å². The van der Waals surface area contributed by atoms with E-state index in [1.165, 1.54) is 5.56 Å². The third-order valence-electron chi connectivity index (χ3n) is 3.51. The first-order valence-corrected chi connectivity index (χ1v) is 5.58. The molecule has 0 unspecified atom stereocenters. The van der Waals surface area contributed by atoms with Gasteiger partial charge in [0.2, 0.25) is 5.91 Å². The van der Waals surface area contributed by atoms with Gasteiger partial charge in [0.25, 0.3) is 0 Å². The molecule has 80 valence electrons. The Morgan fingerprint density at radius 1 is 1.38 bits per heavy atom. The van der Waals surface area contributed by atoms with E-state index in [0.717, 1.165) is 31.5 Å². The zero-order valence-electron chi connectivity index (χ0n) is 8.94. The molecule has 1 amide bonds. The number of carbonyl (C=O) groups excluding carboxylic acids is 1. The predicted octanol–water partition coefficient (Wildman–Crippen LogP) is 1.88. The maximum atomic E-state index is 12.2. The Morgan fingerprint density at radius 3 is 2.81 bits per heavy atom. The average molecular weight is 212 g/mol. The van der Waals surface area contributed by atoms with Gasteiger partial charge in [0.05, 0.1) is 6.07 Å². The number of para-hydroxylation sites is 1. The third-order valence-corrected chi connectivity index (χ3v) is 3.51. The molecule has 0 bridgehead atoms. The molecule has 1 aromatic rings. The van der Waals surface area contributed by atoms with Crippen LogP contribution in [0.15, 0.2) is 24.3 Å². The number of rotatable bonds is 1. The zero-order valence-corrected chi connectivity index (χ0v) is 8.94. The van der Waals surface area contributed by atoms with Crippen LogP contribution in [0.5, 0.6) is 0 Å². The van der Waals surface area contributed by atoms with E-state index in [1.54, 1.807) is 4.90 Å². The maximum absolute atomic E-state index is 12.2. The molecule has 16 heavy (non-hydrogen) atoms. The van der Waals surface area contributed by atoms with Crippen molar-refractivity contribution in [3.05, 3.63) is 29.8 Å². The molecule has 0 spiro atoms. The summed E-state index contributed by atoms with van der Waals surface area (Å²) in [6.07, 6.45) is 2.35. The van der Waals surface area contributed by atoms with Gasteiger partial charge in [-0.3, -0.25) is 4.79 Å². The molecule has 1 aliphatic heterocycles. The molecule has 1 fully saturated rings. The molecule has 3 rings (SSSR count). The van der Waals surface area contributed by atoms with Gasteiger partial charge in [0.15, 0.2) is 0 Å². The summed E-state index contributed by atoms with van der Waals surface area (Å²) < 4.78 is 0. The molecule has 0 radical (unpaired) electrons. The number of hydrogen-bond donors (Lipinski definition) is 0. The number of amides is 1. The molecular weight excluding hydrogens is 200 g/mol. The smallest absolute Gasteiger partial charge is 0.247 e. The lowest BCUT2D eigenvalue weighted by Crippen LogP contribution is -2.35. The fourth-order valence-electron chi connectivity index (χ4n) is 2.31. The largest absolute Gasteiger partial charge is 0.310 e. The van der Waals surface area contributed by atoms with Crippen LogP contribution in [0.25, 0.3) is 0 Å². The van der Waals surface area contributed by atoms with Crippen molar-refractivity contribution in [2.24, 2.45) is 5.41 Å². The van der Waals surface area contributed by atoms with Crippen LogP contribution in [0.2, 0.25) is 0 Å². The summed E-state index contributed by atoms with van der Waals surface area (Å²) in [5.74, 6) is -0.0000463. The van der Waals surface area contributed by atoms with Crippen LogP contribution >= 0.6 is 0 Å². The molecular formula is C13H12N2O. The van der Waals surface area contributed by atoms with Gasteiger partial charge in [-0.05, 0) is 30.9 Å². The van der Waals surface area contributed by atoms with Crippen molar-refractivity contribution in [3.8, 4) is 6.07 Å². The number of anilines is 1.